The van der Waals surface area contributed by atoms with Crippen LogP contribution in [0, 0.1) is 6.92 Å². The van der Waals surface area contributed by atoms with Gasteiger partial charge in [0, 0.05) is 60.6 Å². The smallest absolute Gasteiger partial charge is 0.135 e. The maximum atomic E-state index is 6.54. The van der Waals surface area contributed by atoms with Gasteiger partial charge in [-0.2, -0.15) is 0 Å². The molecule has 5 nitrogen and oxygen atoms in total. The number of aromatic amines is 1. The number of aryl methyl sites for hydroxylation is 3. The Bertz CT molecular complexity index is 4740. The number of rotatable bonds is 9. The molecular formula is C89H99NO4. The van der Waals surface area contributed by atoms with E-state index in [0.717, 1.165) is 75.6 Å². The van der Waals surface area contributed by atoms with Crippen molar-refractivity contribution < 1.29 is 18.0 Å². The van der Waals surface area contributed by atoms with Gasteiger partial charge in [0.2, 0.25) is 0 Å². The van der Waals surface area contributed by atoms with E-state index in [1.165, 1.54) is 107 Å². The third kappa shape index (κ3) is 15.2. The van der Waals surface area contributed by atoms with Crippen LogP contribution in [0.4, 0.5) is 0 Å². The Balaban J connectivity index is 0.000000129. The molecule has 5 heteroatoms. The summed E-state index contributed by atoms with van der Waals surface area (Å²) in [7, 11) is 0. The number of hydrogen-bond donors (Lipinski definition) is 1. The molecule has 0 spiro atoms. The summed E-state index contributed by atoms with van der Waals surface area (Å²) in [5.41, 5.74) is 23.6. The van der Waals surface area contributed by atoms with Crippen LogP contribution in [0.25, 0.3) is 101 Å². The summed E-state index contributed by atoms with van der Waals surface area (Å²) in [6.07, 6.45) is 14.0. The van der Waals surface area contributed by atoms with E-state index in [9.17, 15) is 0 Å². The van der Waals surface area contributed by atoms with Crippen LogP contribution < -0.4 is 4.74 Å². The predicted octanol–water partition coefficient (Wildman–Crippen LogP) is 26.2. The molecule has 14 rings (SSSR count). The third-order valence-electron chi connectivity index (χ3n) is 18.7. The van der Waals surface area contributed by atoms with Gasteiger partial charge in [0.05, 0.1) is 0 Å². The predicted molar refractivity (Wildman–Crippen MR) is 402 cm³/mol. The second kappa shape index (κ2) is 26.5. The zero-order chi connectivity index (χ0) is 67.1. The minimum atomic E-state index is -0.127. The molecule has 8 aromatic carbocycles. The fourth-order valence-corrected chi connectivity index (χ4v) is 13.2. The molecule has 0 saturated heterocycles. The van der Waals surface area contributed by atoms with E-state index in [1.807, 2.05) is 19.9 Å². The zero-order valence-corrected chi connectivity index (χ0v) is 59.3. The van der Waals surface area contributed by atoms with Crippen molar-refractivity contribution >= 4 is 56.0 Å². The summed E-state index contributed by atoms with van der Waals surface area (Å²) >= 11 is 0. The molecule has 4 aromatic heterocycles. The first-order valence-corrected chi connectivity index (χ1v) is 34.3. The van der Waals surface area contributed by atoms with E-state index in [1.54, 1.807) is 0 Å². The van der Waals surface area contributed by atoms with Crippen LogP contribution in [0.3, 0.4) is 0 Å². The molecule has 0 radical (unpaired) electrons. The van der Waals surface area contributed by atoms with Crippen LogP contribution in [0.5, 0.6) is 5.75 Å². The van der Waals surface area contributed by atoms with Crippen LogP contribution in [-0.4, -0.2) is 10.6 Å². The molecule has 5 heterocycles. The zero-order valence-electron chi connectivity index (χ0n) is 59.3. The molecule has 1 aliphatic carbocycles. The van der Waals surface area contributed by atoms with Crippen LogP contribution in [-0.2, 0) is 34.5 Å². The van der Waals surface area contributed by atoms with Gasteiger partial charge < -0.3 is 23.0 Å². The summed E-state index contributed by atoms with van der Waals surface area (Å²) in [5.74, 6) is 4.61. The second-order valence-electron chi connectivity index (χ2n) is 30.7. The fraction of sp³-hybridized carbons (Fsp3) is 0.326. The lowest BCUT2D eigenvalue weighted by Crippen LogP contribution is -2.41. The molecule has 484 valence electrons. The second-order valence-corrected chi connectivity index (χ2v) is 30.7. The number of fused-ring (bicyclic) bond motifs is 5. The highest BCUT2D eigenvalue weighted by atomic mass is 16.5. The maximum Gasteiger partial charge on any atom is 0.135 e. The lowest BCUT2D eigenvalue weighted by molar-refractivity contribution is 0.0522. The summed E-state index contributed by atoms with van der Waals surface area (Å²) in [4.78, 5) is 3.58. The number of nitrogens with one attached hydrogen (secondary N) is 1. The first-order valence-electron chi connectivity index (χ1n) is 34.3. The first kappa shape index (κ1) is 66.6. The Hall–Kier alpha value is -8.80. The van der Waals surface area contributed by atoms with Crippen molar-refractivity contribution in [3.8, 4) is 51.0 Å². The Morgan fingerprint density at radius 2 is 0.957 bits per heavy atom. The van der Waals surface area contributed by atoms with E-state index in [2.05, 4.69) is 310 Å². The van der Waals surface area contributed by atoms with Crippen LogP contribution in [0.2, 0.25) is 0 Å². The maximum absolute atomic E-state index is 6.54. The minimum Gasteiger partial charge on any atom is -0.487 e. The van der Waals surface area contributed by atoms with Crippen LogP contribution in [0.15, 0.2) is 201 Å². The number of allylic oxidation sites excluding steroid dienone is 2. The highest BCUT2D eigenvalue weighted by Crippen LogP contribution is 2.54. The molecule has 94 heavy (non-hydrogen) atoms. The van der Waals surface area contributed by atoms with E-state index in [0.29, 0.717) is 5.92 Å². The van der Waals surface area contributed by atoms with Crippen molar-refractivity contribution in [1.29, 1.82) is 0 Å². The molecule has 0 unspecified atom stereocenters. The minimum absolute atomic E-state index is 0.0815. The lowest BCUT2D eigenvalue weighted by Gasteiger charge is -2.43. The van der Waals surface area contributed by atoms with Crippen molar-refractivity contribution in [2.24, 2.45) is 0 Å². The third-order valence-corrected chi connectivity index (χ3v) is 18.7. The van der Waals surface area contributed by atoms with Gasteiger partial charge >= 0.3 is 0 Å². The molecule has 1 saturated carbocycles. The number of hydrogen-bond acceptors (Lipinski definition) is 4. The molecule has 12 aromatic rings. The summed E-state index contributed by atoms with van der Waals surface area (Å²) in [6, 6.07) is 63.2. The monoisotopic (exact) mass is 1250 g/mol. The molecule has 0 amide bonds. The standard InChI is InChI=1S/C26H30O2.C22H25N.C21H22O.C20H22O/c1-6-16-7-10-22-18(11-16)14-23(27-22)19-12-20(17-8-9-17)24-21(13-19)25(2,3)15-26(4,5)28-24;1-6-7-16-9-11-20-17(12-16)13-21(23-20)19-14-18(22(3,4)5)10-8-15(19)2;1-5-7-15-10-11-19-17(12-15)14-20(22-19)16-8-6-9-18(13-16)21(2,3)4;1-5-14-9-10-18-16(11-14)13-19(21-18)15-7-6-8-17(12-15)20(2,3)4/h7,10-14,17H,6,8-9,15H2,1-5H3;6-14,23H,1-5H3;5-14H,1-4H3;6-13H,5H2,1-4H3/b;7-6+;7-5+;. The van der Waals surface area contributed by atoms with Gasteiger partial charge in [-0.05, 0) is 247 Å². The van der Waals surface area contributed by atoms with Gasteiger partial charge in [0.15, 0.2) is 0 Å². The van der Waals surface area contributed by atoms with E-state index >= 15 is 0 Å². The van der Waals surface area contributed by atoms with Crippen molar-refractivity contribution in [3.05, 3.63) is 244 Å². The van der Waals surface area contributed by atoms with Gasteiger partial charge in [-0.1, -0.05) is 187 Å². The van der Waals surface area contributed by atoms with Crippen LogP contribution >= 0.6 is 0 Å². The quantitative estimate of drug-likeness (QED) is 0.156. The van der Waals surface area contributed by atoms with Gasteiger partial charge in [-0.15, -0.1) is 0 Å². The number of H-pyrrole nitrogens is 1. The van der Waals surface area contributed by atoms with Gasteiger partial charge in [0.1, 0.15) is 45.4 Å². The van der Waals surface area contributed by atoms with Crippen molar-refractivity contribution in [2.75, 3.05) is 0 Å². The SMILES string of the molecule is C/C=C/c1ccc2[nH]c(-c3cc(C(C)(C)C)ccc3C)cc2c1.C/C=C/c1ccc2oc(-c3cccc(C(C)(C)C)c3)cc2c1.CCc1ccc2oc(-c3cc(C4CC4)c4c(c3)C(C)(C)CC(C)(C)O4)cc2c1.CCc1ccc2oc(-c3cccc(C(C)(C)C)c3)cc2c1. The molecule has 0 atom stereocenters. The molecular weight excluding hydrogens is 1150 g/mol. The van der Waals surface area contributed by atoms with E-state index in [4.69, 9.17) is 18.0 Å². The molecule has 1 aliphatic heterocycles. The molecule has 0 bridgehead atoms. The molecule has 1 fully saturated rings. The Kier molecular flexibility index (Phi) is 18.8. The van der Waals surface area contributed by atoms with E-state index in [-0.39, 0.29) is 27.3 Å². The average Bonchev–Trinajstić information content (AvgIpc) is 0.950. The molecule has 2 aliphatic rings. The number of furan rings is 3. The Morgan fingerprint density at radius 3 is 1.46 bits per heavy atom. The van der Waals surface area contributed by atoms with Crippen molar-refractivity contribution in [2.45, 2.75) is 190 Å². The highest BCUT2D eigenvalue weighted by molar-refractivity contribution is 5.89. The highest BCUT2D eigenvalue weighted by Gasteiger charge is 2.42. The summed E-state index contributed by atoms with van der Waals surface area (Å²) in [5, 5.41) is 4.78. The molecule has 1 N–H and O–H groups in total. The van der Waals surface area contributed by atoms with Crippen molar-refractivity contribution in [1.82, 2.24) is 4.98 Å². The van der Waals surface area contributed by atoms with Crippen molar-refractivity contribution in [3.63, 3.8) is 0 Å². The van der Waals surface area contributed by atoms with E-state index < -0.39 is 0 Å². The Labute approximate surface area is 560 Å². The normalized spacial score (nSPS) is 14.6. The van der Waals surface area contributed by atoms with Gasteiger partial charge in [-0.25, -0.2) is 0 Å². The van der Waals surface area contributed by atoms with Crippen LogP contribution in [0.1, 0.15) is 199 Å². The number of benzene rings is 8. The number of ether oxygens (including phenoxy) is 1. The summed E-state index contributed by atoms with van der Waals surface area (Å²) < 4.78 is 24.9. The largest absolute Gasteiger partial charge is 0.487 e. The fourth-order valence-electron chi connectivity index (χ4n) is 13.2. The van der Waals surface area contributed by atoms with Gasteiger partial charge in [-0.3, -0.25) is 0 Å². The topological polar surface area (TPSA) is 64.4 Å². The summed E-state index contributed by atoms with van der Waals surface area (Å²) in [6.45, 7) is 39.9. The lowest BCUT2D eigenvalue weighted by atomic mass is 9.72. The number of aromatic nitrogens is 1. The Morgan fingerprint density at radius 1 is 0.479 bits per heavy atom. The first-order chi connectivity index (χ1) is 44.6. The average molecular weight is 1250 g/mol. The van der Waals surface area contributed by atoms with Gasteiger partial charge in [0.25, 0.3) is 0 Å².